The Morgan fingerprint density at radius 2 is 2.14 bits per heavy atom. The average Bonchev–Trinajstić information content (AvgIpc) is 2.47. The largest absolute Gasteiger partial charge is 0.380 e. The molecule has 7 heteroatoms. The van der Waals surface area contributed by atoms with Crippen LogP contribution < -0.4 is 10.6 Å². The Morgan fingerprint density at radius 3 is 2.76 bits per heavy atom. The van der Waals surface area contributed by atoms with Crippen molar-refractivity contribution in [2.75, 3.05) is 31.0 Å². The zero-order valence-corrected chi connectivity index (χ0v) is 12.8. The van der Waals surface area contributed by atoms with Crippen LogP contribution in [0.15, 0.2) is 24.3 Å². The van der Waals surface area contributed by atoms with E-state index in [1.165, 1.54) is 18.2 Å². The molecule has 1 unspecified atom stereocenters. The minimum Gasteiger partial charge on any atom is -0.380 e. The number of amides is 2. The van der Waals surface area contributed by atoms with E-state index in [1.807, 2.05) is 6.26 Å². The van der Waals surface area contributed by atoms with Crippen molar-refractivity contribution < 1.29 is 18.7 Å². The molecular weight excluding hydrogens is 295 g/mol. The number of anilines is 1. The molecule has 0 aliphatic carbocycles. The minimum atomic E-state index is -0.833. The van der Waals surface area contributed by atoms with Gasteiger partial charge in [0.1, 0.15) is 5.82 Å². The number of nitrogens with one attached hydrogen (secondary N) is 2. The van der Waals surface area contributed by atoms with Gasteiger partial charge in [0.2, 0.25) is 0 Å². The molecule has 0 saturated heterocycles. The smallest absolute Gasteiger partial charge is 0.313 e. The number of halogens is 1. The third kappa shape index (κ3) is 6.59. The summed E-state index contributed by atoms with van der Waals surface area (Å²) in [4.78, 5) is 23.3. The van der Waals surface area contributed by atoms with Crippen LogP contribution in [-0.4, -0.2) is 43.6 Å². The summed E-state index contributed by atoms with van der Waals surface area (Å²) < 4.78 is 18.2. The summed E-state index contributed by atoms with van der Waals surface area (Å²) in [6.07, 6.45) is 2.63. The summed E-state index contributed by atoms with van der Waals surface area (Å²) >= 11 is 1.68. The number of hydrogen-bond donors (Lipinski definition) is 2. The molecule has 0 saturated carbocycles. The Labute approximate surface area is 127 Å². The monoisotopic (exact) mass is 314 g/mol. The molecule has 0 heterocycles. The molecule has 1 atom stereocenters. The van der Waals surface area contributed by atoms with Gasteiger partial charge in [0.25, 0.3) is 0 Å². The Morgan fingerprint density at radius 1 is 1.38 bits per heavy atom. The highest BCUT2D eigenvalue weighted by Crippen LogP contribution is 2.08. The summed E-state index contributed by atoms with van der Waals surface area (Å²) in [5.74, 6) is -1.18. The molecule has 0 aliphatic heterocycles. The molecule has 116 valence electrons. The molecule has 2 amide bonds. The molecule has 0 spiro atoms. The van der Waals surface area contributed by atoms with Gasteiger partial charge < -0.3 is 15.4 Å². The second-order valence-electron chi connectivity index (χ2n) is 4.31. The molecular formula is C14H19FN2O3S. The minimum absolute atomic E-state index is 0.136. The van der Waals surface area contributed by atoms with Gasteiger partial charge in [0.15, 0.2) is 0 Å². The van der Waals surface area contributed by atoms with Crippen molar-refractivity contribution in [1.29, 1.82) is 0 Å². The first kappa shape index (κ1) is 17.5. The zero-order valence-electron chi connectivity index (χ0n) is 12.0. The highest BCUT2D eigenvalue weighted by atomic mass is 32.2. The second kappa shape index (κ2) is 9.36. The standard InChI is InChI=1S/C14H19FN2O3S/c1-20-12(6-7-21-2)9-16-13(18)14(19)17-11-5-3-4-10(15)8-11/h3-5,8,12H,6-7,9H2,1-2H3,(H,16,18)(H,17,19). The second-order valence-corrected chi connectivity index (χ2v) is 5.30. The van der Waals surface area contributed by atoms with Crippen molar-refractivity contribution in [2.45, 2.75) is 12.5 Å². The molecule has 1 aromatic carbocycles. The van der Waals surface area contributed by atoms with E-state index in [0.29, 0.717) is 0 Å². The first-order valence-corrected chi connectivity index (χ1v) is 7.82. The van der Waals surface area contributed by atoms with E-state index in [0.717, 1.165) is 18.2 Å². The van der Waals surface area contributed by atoms with Gasteiger partial charge in [-0.05, 0) is 36.6 Å². The van der Waals surface area contributed by atoms with Crippen LogP contribution in [-0.2, 0) is 14.3 Å². The number of thioether (sulfide) groups is 1. The van der Waals surface area contributed by atoms with Gasteiger partial charge >= 0.3 is 11.8 Å². The van der Waals surface area contributed by atoms with Crippen LogP contribution in [0.5, 0.6) is 0 Å². The normalized spacial score (nSPS) is 11.8. The molecule has 1 rings (SSSR count). The van der Waals surface area contributed by atoms with Crippen LogP contribution in [0, 0.1) is 5.82 Å². The number of hydrogen-bond acceptors (Lipinski definition) is 4. The van der Waals surface area contributed by atoms with E-state index < -0.39 is 17.6 Å². The maximum absolute atomic E-state index is 13.0. The highest BCUT2D eigenvalue weighted by molar-refractivity contribution is 7.98. The van der Waals surface area contributed by atoms with Crippen LogP contribution in [0.1, 0.15) is 6.42 Å². The van der Waals surface area contributed by atoms with Crippen molar-refractivity contribution in [3.8, 4) is 0 Å². The summed E-state index contributed by atoms with van der Waals surface area (Å²) in [5.41, 5.74) is 0.237. The Balaban J connectivity index is 2.42. The van der Waals surface area contributed by atoms with E-state index in [2.05, 4.69) is 10.6 Å². The van der Waals surface area contributed by atoms with Crippen molar-refractivity contribution in [2.24, 2.45) is 0 Å². The van der Waals surface area contributed by atoms with Crippen molar-refractivity contribution in [3.05, 3.63) is 30.1 Å². The third-order valence-corrected chi connectivity index (χ3v) is 3.40. The van der Waals surface area contributed by atoms with E-state index >= 15 is 0 Å². The summed E-state index contributed by atoms with van der Waals surface area (Å²) in [5, 5.41) is 4.83. The molecule has 0 aliphatic rings. The van der Waals surface area contributed by atoms with Crippen LogP contribution in [0.4, 0.5) is 10.1 Å². The van der Waals surface area contributed by atoms with Crippen molar-refractivity contribution in [3.63, 3.8) is 0 Å². The number of rotatable bonds is 7. The average molecular weight is 314 g/mol. The lowest BCUT2D eigenvalue weighted by molar-refractivity contribution is -0.136. The summed E-state index contributed by atoms with van der Waals surface area (Å²) in [7, 11) is 1.56. The first-order chi connectivity index (χ1) is 10.1. The Hall–Kier alpha value is -1.60. The van der Waals surface area contributed by atoms with E-state index in [1.54, 1.807) is 18.9 Å². The molecule has 0 bridgehead atoms. The fourth-order valence-corrected chi connectivity index (χ4v) is 2.09. The number of carbonyl (C=O) groups is 2. The van der Waals surface area contributed by atoms with Crippen molar-refractivity contribution >= 4 is 29.3 Å². The van der Waals surface area contributed by atoms with Gasteiger partial charge in [-0.15, -0.1) is 0 Å². The van der Waals surface area contributed by atoms with Gasteiger partial charge in [-0.3, -0.25) is 9.59 Å². The van der Waals surface area contributed by atoms with E-state index in [9.17, 15) is 14.0 Å². The molecule has 2 N–H and O–H groups in total. The van der Waals surface area contributed by atoms with E-state index in [4.69, 9.17) is 4.74 Å². The number of methoxy groups -OCH3 is 1. The lowest BCUT2D eigenvalue weighted by Crippen LogP contribution is -2.40. The fraction of sp³-hybridized carbons (Fsp3) is 0.429. The highest BCUT2D eigenvalue weighted by Gasteiger charge is 2.16. The van der Waals surface area contributed by atoms with Crippen LogP contribution in [0.25, 0.3) is 0 Å². The maximum Gasteiger partial charge on any atom is 0.313 e. The molecule has 1 aromatic rings. The quantitative estimate of drug-likeness (QED) is 0.751. The zero-order chi connectivity index (χ0) is 15.7. The Kier molecular flexibility index (Phi) is 7.78. The SMILES string of the molecule is COC(CCSC)CNC(=O)C(=O)Nc1cccc(F)c1. The maximum atomic E-state index is 13.0. The topological polar surface area (TPSA) is 67.4 Å². The lowest BCUT2D eigenvalue weighted by atomic mass is 10.2. The van der Waals surface area contributed by atoms with Crippen LogP contribution >= 0.6 is 11.8 Å². The van der Waals surface area contributed by atoms with Crippen LogP contribution in [0.3, 0.4) is 0 Å². The third-order valence-electron chi connectivity index (χ3n) is 2.76. The summed E-state index contributed by atoms with van der Waals surface area (Å²) in [6.45, 7) is 0.256. The number of ether oxygens (including phenoxy) is 1. The Bertz CT molecular complexity index is 485. The van der Waals surface area contributed by atoms with Gasteiger partial charge in [-0.2, -0.15) is 11.8 Å². The summed E-state index contributed by atoms with van der Waals surface area (Å²) in [6, 6.07) is 5.35. The van der Waals surface area contributed by atoms with Crippen molar-refractivity contribution in [1.82, 2.24) is 5.32 Å². The lowest BCUT2D eigenvalue weighted by Gasteiger charge is -2.15. The molecule has 0 radical (unpaired) electrons. The van der Waals surface area contributed by atoms with Gasteiger partial charge in [0.05, 0.1) is 6.10 Å². The molecule has 5 nitrogen and oxygen atoms in total. The van der Waals surface area contributed by atoms with Gasteiger partial charge in [0, 0.05) is 19.3 Å². The van der Waals surface area contributed by atoms with Gasteiger partial charge in [-0.25, -0.2) is 4.39 Å². The number of benzene rings is 1. The predicted octanol–water partition coefficient (Wildman–Crippen LogP) is 1.65. The van der Waals surface area contributed by atoms with E-state index in [-0.39, 0.29) is 18.3 Å². The molecule has 21 heavy (non-hydrogen) atoms. The molecule has 0 aromatic heterocycles. The first-order valence-electron chi connectivity index (χ1n) is 6.43. The van der Waals surface area contributed by atoms with Crippen LogP contribution in [0.2, 0.25) is 0 Å². The fourth-order valence-electron chi connectivity index (χ4n) is 1.59. The number of carbonyl (C=O) groups excluding carboxylic acids is 2. The van der Waals surface area contributed by atoms with Gasteiger partial charge in [-0.1, -0.05) is 6.07 Å². The molecule has 0 fully saturated rings. The predicted molar refractivity (Wildman–Crippen MR) is 81.8 cm³/mol.